The predicted molar refractivity (Wildman–Crippen MR) is 86.4 cm³/mol. The number of carbonyl (C=O) groups excluding carboxylic acids is 1. The minimum Gasteiger partial charge on any atom is -0.484 e. The number of ether oxygens (including phenoxy) is 2. The van der Waals surface area contributed by atoms with Gasteiger partial charge >= 0.3 is 6.61 Å². The predicted octanol–water partition coefficient (Wildman–Crippen LogP) is 2.28. The van der Waals surface area contributed by atoms with Crippen LogP contribution in [0.25, 0.3) is 5.69 Å². The number of carbonyl (C=O) groups is 1. The molecule has 1 heterocycles. The number of aromatic nitrogens is 4. The SMILES string of the molecule is O=C(COc1cccc(-n2cnnn2)c1)Nc1ccccc1OC(F)F. The highest BCUT2D eigenvalue weighted by Crippen LogP contribution is 2.25. The largest absolute Gasteiger partial charge is 0.484 e. The summed E-state index contributed by atoms with van der Waals surface area (Å²) in [7, 11) is 0. The zero-order valence-corrected chi connectivity index (χ0v) is 13.3. The van der Waals surface area contributed by atoms with Gasteiger partial charge in [-0.1, -0.05) is 18.2 Å². The Bertz CT molecular complexity index is 874. The van der Waals surface area contributed by atoms with Gasteiger partial charge in [-0.3, -0.25) is 4.79 Å². The van der Waals surface area contributed by atoms with Crippen LogP contribution < -0.4 is 14.8 Å². The summed E-state index contributed by atoms with van der Waals surface area (Å²) in [4.78, 5) is 12.0. The maximum Gasteiger partial charge on any atom is 0.387 e. The number of benzene rings is 2. The van der Waals surface area contributed by atoms with Gasteiger partial charge < -0.3 is 14.8 Å². The second-order valence-electron chi connectivity index (χ2n) is 4.96. The minimum atomic E-state index is -2.99. The topological polar surface area (TPSA) is 91.2 Å². The molecule has 0 saturated heterocycles. The quantitative estimate of drug-likeness (QED) is 0.694. The van der Waals surface area contributed by atoms with Crippen molar-refractivity contribution in [3.8, 4) is 17.2 Å². The number of tetrazole rings is 1. The number of amides is 1. The summed E-state index contributed by atoms with van der Waals surface area (Å²) in [5.74, 6) is -0.232. The molecule has 0 saturated carbocycles. The molecule has 10 heteroatoms. The van der Waals surface area contributed by atoms with E-state index in [4.69, 9.17) is 4.74 Å². The third-order valence-electron chi connectivity index (χ3n) is 3.18. The summed E-state index contributed by atoms with van der Waals surface area (Å²) in [5, 5.41) is 13.3. The average Bonchev–Trinajstić information content (AvgIpc) is 3.16. The van der Waals surface area contributed by atoms with Gasteiger partial charge in [-0.15, -0.1) is 5.10 Å². The van der Waals surface area contributed by atoms with Crippen molar-refractivity contribution in [2.24, 2.45) is 0 Å². The maximum atomic E-state index is 12.4. The van der Waals surface area contributed by atoms with E-state index in [9.17, 15) is 13.6 Å². The van der Waals surface area contributed by atoms with E-state index < -0.39 is 12.5 Å². The Morgan fingerprint density at radius 2 is 2.04 bits per heavy atom. The van der Waals surface area contributed by atoms with Crippen molar-refractivity contribution < 1.29 is 23.0 Å². The zero-order valence-electron chi connectivity index (χ0n) is 13.3. The Hall–Kier alpha value is -3.56. The summed E-state index contributed by atoms with van der Waals surface area (Å²) in [6.45, 7) is -3.31. The molecule has 3 rings (SSSR count). The molecule has 1 N–H and O–H groups in total. The van der Waals surface area contributed by atoms with E-state index in [1.807, 2.05) is 0 Å². The maximum absolute atomic E-state index is 12.4. The van der Waals surface area contributed by atoms with Crippen molar-refractivity contribution in [3.63, 3.8) is 0 Å². The summed E-state index contributed by atoms with van der Waals surface area (Å²) in [5.41, 5.74) is 0.785. The van der Waals surface area contributed by atoms with Crippen molar-refractivity contribution in [1.29, 1.82) is 0 Å². The van der Waals surface area contributed by atoms with E-state index in [0.29, 0.717) is 11.4 Å². The first kappa shape index (κ1) is 17.3. The first-order chi connectivity index (χ1) is 12.6. The van der Waals surface area contributed by atoms with E-state index >= 15 is 0 Å². The highest BCUT2D eigenvalue weighted by Gasteiger charge is 2.12. The summed E-state index contributed by atoms with van der Waals surface area (Å²) >= 11 is 0. The number of para-hydroxylation sites is 2. The molecule has 1 aromatic heterocycles. The van der Waals surface area contributed by atoms with Crippen LogP contribution in [-0.2, 0) is 4.79 Å². The van der Waals surface area contributed by atoms with Gasteiger partial charge in [-0.25, -0.2) is 4.68 Å². The Balaban J connectivity index is 1.61. The van der Waals surface area contributed by atoms with Gasteiger partial charge in [0, 0.05) is 6.07 Å². The molecule has 26 heavy (non-hydrogen) atoms. The third kappa shape index (κ3) is 4.50. The molecular formula is C16H13F2N5O3. The Morgan fingerprint density at radius 1 is 1.19 bits per heavy atom. The van der Waals surface area contributed by atoms with Crippen molar-refractivity contribution in [1.82, 2.24) is 20.2 Å². The standard InChI is InChI=1S/C16H13F2N5O3/c17-16(18)26-14-7-2-1-6-13(14)20-15(24)9-25-12-5-3-4-11(8-12)23-10-19-21-22-23/h1-8,10,16H,9H2,(H,20,24). The van der Waals surface area contributed by atoms with Crippen LogP contribution in [0.1, 0.15) is 0 Å². The molecule has 1 amide bonds. The molecule has 3 aromatic rings. The van der Waals surface area contributed by atoms with E-state index in [1.165, 1.54) is 29.2 Å². The van der Waals surface area contributed by atoms with Crippen LogP contribution in [0.2, 0.25) is 0 Å². The number of nitrogens with one attached hydrogen (secondary N) is 1. The lowest BCUT2D eigenvalue weighted by atomic mass is 10.3. The molecule has 2 aromatic carbocycles. The van der Waals surface area contributed by atoms with Gasteiger partial charge in [0.15, 0.2) is 6.61 Å². The van der Waals surface area contributed by atoms with Crippen LogP contribution in [0.3, 0.4) is 0 Å². The van der Waals surface area contributed by atoms with Gasteiger partial charge in [-0.05, 0) is 34.7 Å². The molecule has 0 bridgehead atoms. The fourth-order valence-electron chi connectivity index (χ4n) is 2.10. The molecule has 0 aliphatic heterocycles. The van der Waals surface area contributed by atoms with Gasteiger partial charge in [-0.2, -0.15) is 8.78 Å². The molecule has 0 unspecified atom stereocenters. The average molecular weight is 361 g/mol. The van der Waals surface area contributed by atoms with Crippen LogP contribution in [-0.4, -0.2) is 39.3 Å². The van der Waals surface area contributed by atoms with Crippen LogP contribution in [0.5, 0.6) is 11.5 Å². The van der Waals surface area contributed by atoms with Crippen molar-refractivity contribution in [2.75, 3.05) is 11.9 Å². The highest BCUT2D eigenvalue weighted by atomic mass is 19.3. The van der Waals surface area contributed by atoms with E-state index in [1.54, 1.807) is 30.3 Å². The summed E-state index contributed by atoms with van der Waals surface area (Å²) in [6, 6.07) is 12.7. The number of alkyl halides is 2. The number of hydrogen-bond acceptors (Lipinski definition) is 6. The smallest absolute Gasteiger partial charge is 0.387 e. The van der Waals surface area contributed by atoms with Crippen LogP contribution >= 0.6 is 0 Å². The zero-order chi connectivity index (χ0) is 18.4. The molecule has 8 nitrogen and oxygen atoms in total. The molecular weight excluding hydrogens is 348 g/mol. The summed E-state index contributed by atoms with van der Waals surface area (Å²) in [6.07, 6.45) is 1.42. The van der Waals surface area contributed by atoms with Gasteiger partial charge in [0.25, 0.3) is 5.91 Å². The van der Waals surface area contributed by atoms with Gasteiger partial charge in [0.1, 0.15) is 17.8 Å². The lowest BCUT2D eigenvalue weighted by molar-refractivity contribution is -0.118. The van der Waals surface area contributed by atoms with Crippen LogP contribution in [0.15, 0.2) is 54.9 Å². The van der Waals surface area contributed by atoms with Crippen molar-refractivity contribution in [2.45, 2.75) is 6.61 Å². The molecule has 0 aliphatic rings. The Labute approximate surface area is 146 Å². The molecule has 0 fully saturated rings. The minimum absolute atomic E-state index is 0.128. The second kappa shape index (κ2) is 8.01. The molecule has 134 valence electrons. The Kier molecular flexibility index (Phi) is 5.32. The van der Waals surface area contributed by atoms with E-state index in [2.05, 4.69) is 25.6 Å². The molecule has 0 aliphatic carbocycles. The molecule has 0 atom stereocenters. The Morgan fingerprint density at radius 3 is 2.81 bits per heavy atom. The number of rotatable bonds is 7. The van der Waals surface area contributed by atoms with Crippen molar-refractivity contribution in [3.05, 3.63) is 54.9 Å². The van der Waals surface area contributed by atoms with Gasteiger partial charge in [0.2, 0.25) is 0 Å². The highest BCUT2D eigenvalue weighted by molar-refractivity contribution is 5.93. The normalized spacial score (nSPS) is 10.6. The molecule has 0 radical (unpaired) electrons. The number of hydrogen-bond donors (Lipinski definition) is 1. The number of nitrogens with zero attached hydrogens (tertiary/aromatic N) is 4. The summed E-state index contributed by atoms with van der Waals surface area (Å²) < 4.78 is 36.0. The lowest BCUT2D eigenvalue weighted by Gasteiger charge is -2.12. The van der Waals surface area contributed by atoms with Crippen molar-refractivity contribution >= 4 is 11.6 Å². The first-order valence-electron chi connectivity index (χ1n) is 7.42. The van der Waals surface area contributed by atoms with Crippen LogP contribution in [0, 0.1) is 0 Å². The fourth-order valence-corrected chi connectivity index (χ4v) is 2.10. The molecule has 0 spiro atoms. The number of anilines is 1. The first-order valence-corrected chi connectivity index (χ1v) is 7.42. The monoisotopic (exact) mass is 361 g/mol. The fraction of sp³-hybridized carbons (Fsp3) is 0.125. The van der Waals surface area contributed by atoms with Crippen LogP contribution in [0.4, 0.5) is 14.5 Å². The third-order valence-corrected chi connectivity index (χ3v) is 3.18. The second-order valence-corrected chi connectivity index (χ2v) is 4.96. The van der Waals surface area contributed by atoms with E-state index in [0.717, 1.165) is 0 Å². The number of halogens is 2. The lowest BCUT2D eigenvalue weighted by Crippen LogP contribution is -2.21. The van der Waals surface area contributed by atoms with Gasteiger partial charge in [0.05, 0.1) is 11.4 Å². The van der Waals surface area contributed by atoms with E-state index in [-0.39, 0.29) is 18.0 Å².